The monoisotopic (exact) mass is 187 g/mol. The molecule has 5 heteroatoms. The molecular weight excluding hydrogens is 176 g/mol. The van der Waals surface area contributed by atoms with E-state index in [0.717, 1.165) is 19.4 Å². The van der Waals surface area contributed by atoms with E-state index in [9.17, 15) is 8.78 Å². The number of ether oxygens (including phenoxy) is 1. The van der Waals surface area contributed by atoms with Crippen molar-refractivity contribution in [2.75, 3.05) is 13.2 Å². The Hall–Kier alpha value is 0.0700. The van der Waals surface area contributed by atoms with E-state index in [1.165, 1.54) is 0 Å². The first-order valence-corrected chi connectivity index (χ1v) is 3.42. The highest BCUT2D eigenvalue weighted by Gasteiger charge is 2.15. The van der Waals surface area contributed by atoms with E-state index >= 15 is 0 Å². The molecule has 1 fully saturated rings. The average molecular weight is 188 g/mol. The number of halogens is 3. The molecule has 2 nitrogen and oxygen atoms in total. The molecule has 11 heavy (non-hydrogen) atoms. The Balaban J connectivity index is 0.000001000. The largest absolute Gasteiger partial charge is 0.345 e. The Morgan fingerprint density at radius 1 is 1.55 bits per heavy atom. The lowest BCUT2D eigenvalue weighted by molar-refractivity contribution is -0.132. The second-order valence-electron chi connectivity index (χ2n) is 2.39. The molecule has 1 N–H and O–H groups in total. The Morgan fingerprint density at radius 3 is 2.73 bits per heavy atom. The minimum atomic E-state index is -2.62. The van der Waals surface area contributed by atoms with Crippen molar-refractivity contribution in [3.05, 3.63) is 0 Å². The highest BCUT2D eigenvalue weighted by atomic mass is 35.5. The summed E-state index contributed by atoms with van der Waals surface area (Å²) in [5.41, 5.74) is 0. The molecular formula is C6H12ClF2NO. The zero-order valence-electron chi connectivity index (χ0n) is 6.06. The first-order valence-electron chi connectivity index (χ1n) is 3.42. The fourth-order valence-electron chi connectivity index (χ4n) is 1.09. The van der Waals surface area contributed by atoms with Crippen LogP contribution >= 0.6 is 12.4 Å². The Morgan fingerprint density at radius 2 is 2.27 bits per heavy atom. The fourth-order valence-corrected chi connectivity index (χ4v) is 1.09. The molecule has 0 amide bonds. The van der Waals surface area contributed by atoms with Crippen LogP contribution in [0.2, 0.25) is 0 Å². The first-order chi connectivity index (χ1) is 4.79. The molecule has 0 radical (unpaired) electrons. The van der Waals surface area contributed by atoms with Gasteiger partial charge in [0.15, 0.2) is 0 Å². The fraction of sp³-hybridized carbons (Fsp3) is 1.00. The maximum atomic E-state index is 11.4. The van der Waals surface area contributed by atoms with Gasteiger partial charge in [0, 0.05) is 6.04 Å². The van der Waals surface area contributed by atoms with Crippen molar-refractivity contribution in [2.45, 2.75) is 25.5 Å². The highest BCUT2D eigenvalue weighted by Crippen LogP contribution is 2.06. The molecule has 0 aromatic heterocycles. The lowest BCUT2D eigenvalue weighted by atomic mass is 10.2. The topological polar surface area (TPSA) is 21.3 Å². The van der Waals surface area contributed by atoms with Crippen molar-refractivity contribution >= 4 is 12.4 Å². The van der Waals surface area contributed by atoms with Gasteiger partial charge in [0.2, 0.25) is 0 Å². The third kappa shape index (κ3) is 4.50. The Labute approximate surface area is 70.7 Å². The van der Waals surface area contributed by atoms with Crippen LogP contribution in [0.5, 0.6) is 0 Å². The highest BCUT2D eigenvalue weighted by molar-refractivity contribution is 5.85. The Bertz CT molecular complexity index is 98.6. The number of nitrogens with one attached hydrogen (secondary N) is 1. The summed E-state index contributed by atoms with van der Waals surface area (Å²) in [6, 6.07) is 0.147. The van der Waals surface area contributed by atoms with E-state index in [2.05, 4.69) is 10.1 Å². The van der Waals surface area contributed by atoms with Gasteiger partial charge in [-0.25, -0.2) is 0 Å². The van der Waals surface area contributed by atoms with Crippen LogP contribution in [0.15, 0.2) is 0 Å². The maximum absolute atomic E-state index is 11.4. The summed E-state index contributed by atoms with van der Waals surface area (Å²) in [4.78, 5) is 0. The van der Waals surface area contributed by atoms with Crippen molar-refractivity contribution in [3.63, 3.8) is 0 Å². The molecule has 0 spiro atoms. The molecule has 1 saturated heterocycles. The molecule has 0 bridgehead atoms. The molecule has 0 unspecified atom stereocenters. The molecule has 1 aliphatic rings. The van der Waals surface area contributed by atoms with Crippen LogP contribution in [0.25, 0.3) is 0 Å². The lowest BCUT2D eigenvalue weighted by Gasteiger charge is -2.08. The van der Waals surface area contributed by atoms with Gasteiger partial charge < -0.3 is 10.1 Å². The normalized spacial score (nSPS) is 23.7. The number of hydrogen-bond donors (Lipinski definition) is 1. The molecule has 0 aliphatic carbocycles. The summed E-state index contributed by atoms with van der Waals surface area (Å²) < 4.78 is 27.0. The molecule has 0 saturated carbocycles. The van der Waals surface area contributed by atoms with E-state index in [1.54, 1.807) is 0 Å². The predicted molar refractivity (Wildman–Crippen MR) is 40.2 cm³/mol. The summed E-state index contributed by atoms with van der Waals surface area (Å²) in [5.74, 6) is 0. The SMILES string of the molecule is Cl.FC(F)OC[C@H]1CCCN1. The van der Waals surface area contributed by atoms with Gasteiger partial charge in [-0.3, -0.25) is 0 Å². The Kier molecular flexibility index (Phi) is 5.72. The van der Waals surface area contributed by atoms with Crippen molar-refractivity contribution in [2.24, 2.45) is 0 Å². The second-order valence-corrected chi connectivity index (χ2v) is 2.39. The van der Waals surface area contributed by atoms with Crippen LogP contribution in [0.3, 0.4) is 0 Å². The summed E-state index contributed by atoms with van der Waals surface area (Å²) in [6.45, 7) is -1.56. The van der Waals surface area contributed by atoms with Gasteiger partial charge in [0.05, 0.1) is 6.61 Å². The molecule has 1 atom stereocenters. The van der Waals surface area contributed by atoms with E-state index < -0.39 is 6.61 Å². The average Bonchev–Trinajstić information content (AvgIpc) is 2.34. The third-order valence-electron chi connectivity index (χ3n) is 1.59. The van der Waals surface area contributed by atoms with Gasteiger partial charge in [-0.05, 0) is 19.4 Å². The van der Waals surface area contributed by atoms with E-state index in [-0.39, 0.29) is 25.1 Å². The van der Waals surface area contributed by atoms with Crippen molar-refractivity contribution in [3.8, 4) is 0 Å². The summed E-state index contributed by atoms with van der Waals surface area (Å²) in [5, 5.41) is 3.05. The number of alkyl halides is 2. The van der Waals surface area contributed by atoms with E-state index in [1.807, 2.05) is 0 Å². The second kappa shape index (κ2) is 5.69. The van der Waals surface area contributed by atoms with Crippen LogP contribution in [0.1, 0.15) is 12.8 Å². The minimum Gasteiger partial charge on any atom is -0.321 e. The van der Waals surface area contributed by atoms with Gasteiger partial charge in [0.1, 0.15) is 0 Å². The molecule has 1 rings (SSSR count). The predicted octanol–water partition coefficient (Wildman–Crippen LogP) is 1.40. The van der Waals surface area contributed by atoms with Crippen LogP contribution in [0.4, 0.5) is 8.78 Å². The zero-order valence-corrected chi connectivity index (χ0v) is 6.87. The summed E-state index contributed by atoms with van der Waals surface area (Å²) in [7, 11) is 0. The summed E-state index contributed by atoms with van der Waals surface area (Å²) >= 11 is 0. The quantitative estimate of drug-likeness (QED) is 0.721. The van der Waals surface area contributed by atoms with Gasteiger partial charge in [-0.15, -0.1) is 12.4 Å². The molecule has 0 aromatic rings. The van der Waals surface area contributed by atoms with Crippen LogP contribution in [-0.2, 0) is 4.74 Å². The van der Waals surface area contributed by atoms with E-state index in [4.69, 9.17) is 0 Å². The van der Waals surface area contributed by atoms with Gasteiger partial charge >= 0.3 is 6.61 Å². The smallest absolute Gasteiger partial charge is 0.321 e. The minimum absolute atomic E-state index is 0. The van der Waals surface area contributed by atoms with Crippen molar-refractivity contribution in [1.82, 2.24) is 5.32 Å². The molecule has 68 valence electrons. The maximum Gasteiger partial charge on any atom is 0.345 e. The van der Waals surface area contributed by atoms with Crippen LogP contribution in [0, 0.1) is 0 Å². The van der Waals surface area contributed by atoms with Crippen molar-refractivity contribution in [1.29, 1.82) is 0 Å². The van der Waals surface area contributed by atoms with Gasteiger partial charge in [-0.2, -0.15) is 8.78 Å². The number of hydrogen-bond acceptors (Lipinski definition) is 2. The van der Waals surface area contributed by atoms with Crippen molar-refractivity contribution < 1.29 is 13.5 Å². The summed E-state index contributed by atoms with van der Waals surface area (Å²) in [6.07, 6.45) is 2.02. The van der Waals surface area contributed by atoms with Gasteiger partial charge in [-0.1, -0.05) is 0 Å². The third-order valence-corrected chi connectivity index (χ3v) is 1.59. The standard InChI is InChI=1S/C6H11F2NO.ClH/c7-6(8)10-4-5-2-1-3-9-5;/h5-6,9H,1-4H2;1H/t5-;/m1./s1. The van der Waals surface area contributed by atoms with E-state index in [0.29, 0.717) is 0 Å². The molecule has 0 aromatic carbocycles. The van der Waals surface area contributed by atoms with Crippen LogP contribution in [-0.4, -0.2) is 25.8 Å². The van der Waals surface area contributed by atoms with Gasteiger partial charge in [0.25, 0.3) is 0 Å². The molecule has 1 aliphatic heterocycles. The van der Waals surface area contributed by atoms with Crippen LogP contribution < -0.4 is 5.32 Å². The first kappa shape index (κ1) is 11.1. The molecule has 1 heterocycles. The lowest BCUT2D eigenvalue weighted by Crippen LogP contribution is -2.27. The number of rotatable bonds is 3. The zero-order chi connectivity index (χ0) is 7.40.